The monoisotopic (exact) mass is 521 g/mol. The van der Waals surface area contributed by atoms with Gasteiger partial charge in [0, 0.05) is 34.8 Å². The van der Waals surface area contributed by atoms with E-state index >= 15 is 0 Å². The second-order valence-corrected chi connectivity index (χ2v) is 8.28. The molecule has 0 heterocycles. The molecule has 0 N–H and O–H groups in total. The molecule has 198 valence electrons. The summed E-state index contributed by atoms with van der Waals surface area (Å²) in [5, 5.41) is 11.4. The first kappa shape index (κ1) is 26.3. The van der Waals surface area contributed by atoms with Gasteiger partial charge in [-0.05, 0) is 35.4 Å². The summed E-state index contributed by atoms with van der Waals surface area (Å²) in [6.07, 6.45) is 1.64. The predicted molar refractivity (Wildman–Crippen MR) is 139 cm³/mol. The van der Waals surface area contributed by atoms with Gasteiger partial charge < -0.3 is 28.4 Å². The van der Waals surface area contributed by atoms with E-state index in [2.05, 4.69) is 0 Å². The number of ether oxygens (including phenoxy) is 6. The number of non-ortho nitro benzene ring substituents is 1. The van der Waals surface area contributed by atoms with Crippen LogP contribution in [0.2, 0.25) is 0 Å². The third kappa shape index (κ3) is 4.34. The summed E-state index contributed by atoms with van der Waals surface area (Å²) >= 11 is 0. The van der Waals surface area contributed by atoms with E-state index < -0.39 is 10.8 Å². The lowest BCUT2D eigenvalue weighted by Gasteiger charge is -2.21. The number of nitro groups is 1. The van der Waals surface area contributed by atoms with Gasteiger partial charge in [0.2, 0.25) is 11.5 Å². The molecule has 0 aromatic heterocycles. The average Bonchev–Trinajstić information content (AvgIpc) is 3.21. The van der Waals surface area contributed by atoms with Gasteiger partial charge in [0.05, 0.1) is 47.6 Å². The van der Waals surface area contributed by atoms with Crippen LogP contribution in [0.25, 0.3) is 6.08 Å². The lowest BCUT2D eigenvalue weighted by Crippen LogP contribution is -2.06. The van der Waals surface area contributed by atoms with E-state index in [1.54, 1.807) is 36.4 Å². The summed E-state index contributed by atoms with van der Waals surface area (Å²) in [7, 11) is 8.95. The van der Waals surface area contributed by atoms with Gasteiger partial charge in [-0.2, -0.15) is 0 Å². The molecule has 4 rings (SSSR count). The highest BCUT2D eigenvalue weighted by molar-refractivity contribution is 6.18. The molecular formula is C28H27NO9. The number of methoxy groups -OCH3 is 6. The molecule has 1 aliphatic rings. The number of hydrogen-bond acceptors (Lipinski definition) is 9. The lowest BCUT2D eigenvalue weighted by atomic mass is 9.87. The predicted octanol–water partition coefficient (Wildman–Crippen LogP) is 5.06. The highest BCUT2D eigenvalue weighted by atomic mass is 16.6. The fourth-order valence-corrected chi connectivity index (χ4v) is 4.77. The summed E-state index contributed by atoms with van der Waals surface area (Å²) in [4.78, 5) is 24.8. The van der Waals surface area contributed by atoms with Crippen LogP contribution in [0.5, 0.6) is 34.5 Å². The molecule has 0 aliphatic heterocycles. The minimum absolute atomic E-state index is 0.0902. The van der Waals surface area contributed by atoms with Crippen LogP contribution in [-0.4, -0.2) is 53.4 Å². The molecule has 1 unspecified atom stereocenters. The van der Waals surface area contributed by atoms with Crippen LogP contribution in [-0.2, 0) is 0 Å². The summed E-state index contributed by atoms with van der Waals surface area (Å²) in [5.41, 5.74) is 2.33. The second kappa shape index (κ2) is 10.7. The Labute approximate surface area is 219 Å². The van der Waals surface area contributed by atoms with Crippen molar-refractivity contribution in [1.29, 1.82) is 0 Å². The van der Waals surface area contributed by atoms with Gasteiger partial charge >= 0.3 is 0 Å². The van der Waals surface area contributed by atoms with Crippen LogP contribution in [0.15, 0.2) is 48.0 Å². The molecule has 0 bridgehead atoms. The minimum atomic E-state index is -0.666. The van der Waals surface area contributed by atoms with Crippen molar-refractivity contribution >= 4 is 17.5 Å². The highest BCUT2D eigenvalue weighted by Gasteiger charge is 2.41. The van der Waals surface area contributed by atoms with E-state index in [4.69, 9.17) is 28.4 Å². The first-order chi connectivity index (χ1) is 18.3. The van der Waals surface area contributed by atoms with E-state index in [-0.39, 0.29) is 11.5 Å². The fraction of sp³-hybridized carbons (Fsp3) is 0.250. The van der Waals surface area contributed by atoms with E-state index in [1.807, 2.05) is 0 Å². The standard InChI is InChI=1S/C28H27NO9/c1-33-20-12-16(13-21(34-2)26(20)36-4)23-18(11-15-8-7-9-17(10-15)29(31)32)25(30)19-14-22(35-3)27(37-5)28(38-6)24(19)23/h7-14,23H,1-6H3/b18-11-. The van der Waals surface area contributed by atoms with Crippen LogP contribution in [0.1, 0.15) is 33.0 Å². The van der Waals surface area contributed by atoms with Gasteiger partial charge in [0.15, 0.2) is 28.8 Å². The Bertz CT molecular complexity index is 1420. The molecule has 10 heteroatoms. The smallest absolute Gasteiger partial charge is 0.270 e. The zero-order valence-corrected chi connectivity index (χ0v) is 21.8. The number of nitrogens with zero attached hydrogens (tertiary/aromatic N) is 1. The molecule has 1 atom stereocenters. The zero-order valence-electron chi connectivity index (χ0n) is 21.8. The van der Waals surface area contributed by atoms with Crippen LogP contribution in [0, 0.1) is 10.1 Å². The number of allylic oxidation sites excluding steroid dienone is 1. The molecule has 3 aromatic carbocycles. The first-order valence-corrected chi connectivity index (χ1v) is 11.5. The van der Waals surface area contributed by atoms with Crippen molar-refractivity contribution < 1.29 is 38.1 Å². The average molecular weight is 522 g/mol. The Hall–Kier alpha value is -4.73. The van der Waals surface area contributed by atoms with Crippen molar-refractivity contribution in [1.82, 2.24) is 0 Å². The number of ketones is 1. The first-order valence-electron chi connectivity index (χ1n) is 11.5. The minimum Gasteiger partial charge on any atom is -0.493 e. The van der Waals surface area contributed by atoms with Crippen molar-refractivity contribution in [3.05, 3.63) is 80.4 Å². The Balaban J connectivity index is 2.07. The maximum atomic E-state index is 13.9. The van der Waals surface area contributed by atoms with Crippen molar-refractivity contribution in [3.63, 3.8) is 0 Å². The van der Waals surface area contributed by atoms with E-state index in [0.717, 1.165) is 0 Å². The Morgan fingerprint density at radius 3 is 1.87 bits per heavy atom. The van der Waals surface area contributed by atoms with E-state index in [1.165, 1.54) is 54.8 Å². The molecule has 38 heavy (non-hydrogen) atoms. The Kier molecular flexibility index (Phi) is 7.43. The zero-order chi connectivity index (χ0) is 27.6. The number of carbonyl (C=O) groups excluding carboxylic acids is 1. The van der Waals surface area contributed by atoms with Gasteiger partial charge in [0.1, 0.15) is 0 Å². The number of Topliss-reactive ketones (excluding diaryl/α,β-unsaturated/α-hetero) is 1. The molecule has 0 radical (unpaired) electrons. The lowest BCUT2D eigenvalue weighted by molar-refractivity contribution is -0.384. The maximum absolute atomic E-state index is 13.9. The van der Waals surface area contributed by atoms with Crippen molar-refractivity contribution in [2.75, 3.05) is 42.7 Å². The number of carbonyl (C=O) groups is 1. The molecular weight excluding hydrogens is 494 g/mol. The highest BCUT2D eigenvalue weighted by Crippen LogP contribution is 2.55. The van der Waals surface area contributed by atoms with Crippen LogP contribution >= 0.6 is 0 Å². The number of hydrogen-bond donors (Lipinski definition) is 0. The normalized spacial score (nSPS) is 15.2. The van der Waals surface area contributed by atoms with E-state index in [0.29, 0.717) is 62.3 Å². The largest absolute Gasteiger partial charge is 0.493 e. The number of benzene rings is 3. The van der Waals surface area contributed by atoms with Gasteiger partial charge in [0.25, 0.3) is 5.69 Å². The van der Waals surface area contributed by atoms with Gasteiger partial charge in [-0.15, -0.1) is 0 Å². The van der Waals surface area contributed by atoms with Crippen molar-refractivity contribution in [2.45, 2.75) is 5.92 Å². The molecule has 0 fully saturated rings. The van der Waals surface area contributed by atoms with E-state index in [9.17, 15) is 14.9 Å². The third-order valence-corrected chi connectivity index (χ3v) is 6.40. The molecule has 0 amide bonds. The Morgan fingerprint density at radius 1 is 0.763 bits per heavy atom. The molecule has 3 aromatic rings. The quantitative estimate of drug-likeness (QED) is 0.216. The number of nitro benzene ring substituents is 1. The maximum Gasteiger partial charge on any atom is 0.270 e. The third-order valence-electron chi connectivity index (χ3n) is 6.40. The van der Waals surface area contributed by atoms with Crippen molar-refractivity contribution in [2.24, 2.45) is 0 Å². The molecule has 0 spiro atoms. The summed E-state index contributed by atoms with van der Waals surface area (Å²) in [5.74, 6) is 1.23. The SMILES string of the molecule is COc1cc(C2/C(=C/c3cccc([N+](=O)[O-])c3)C(=O)c3cc(OC)c(OC)c(OC)c32)cc(OC)c1OC. The topological polar surface area (TPSA) is 116 Å². The molecule has 0 saturated heterocycles. The van der Waals surface area contributed by atoms with Gasteiger partial charge in [-0.25, -0.2) is 0 Å². The van der Waals surface area contributed by atoms with Gasteiger partial charge in [-0.1, -0.05) is 12.1 Å². The molecule has 10 nitrogen and oxygen atoms in total. The molecule has 1 aliphatic carbocycles. The molecule has 0 saturated carbocycles. The van der Waals surface area contributed by atoms with Crippen LogP contribution in [0.3, 0.4) is 0 Å². The number of fused-ring (bicyclic) bond motifs is 1. The summed E-state index contributed by atoms with van der Waals surface area (Å²) in [6, 6.07) is 11.2. The van der Waals surface area contributed by atoms with Crippen LogP contribution < -0.4 is 28.4 Å². The van der Waals surface area contributed by atoms with Gasteiger partial charge in [-0.3, -0.25) is 14.9 Å². The summed E-state index contributed by atoms with van der Waals surface area (Å²) in [6.45, 7) is 0. The second-order valence-electron chi connectivity index (χ2n) is 8.28. The fourth-order valence-electron chi connectivity index (χ4n) is 4.77. The van der Waals surface area contributed by atoms with Crippen LogP contribution in [0.4, 0.5) is 5.69 Å². The number of rotatable bonds is 9. The Morgan fingerprint density at radius 2 is 1.34 bits per heavy atom. The summed E-state index contributed by atoms with van der Waals surface area (Å²) < 4.78 is 33.5. The van der Waals surface area contributed by atoms with Crippen molar-refractivity contribution in [3.8, 4) is 34.5 Å².